The fourth-order valence-corrected chi connectivity index (χ4v) is 1.12. The van der Waals surface area contributed by atoms with Gasteiger partial charge in [-0.15, -0.1) is 0 Å². The molecule has 1 aromatic rings. The van der Waals surface area contributed by atoms with Crippen molar-refractivity contribution in [1.29, 1.82) is 0 Å². The van der Waals surface area contributed by atoms with Crippen LogP contribution < -0.4 is 0 Å². The lowest BCUT2D eigenvalue weighted by Crippen LogP contribution is -2.24. The van der Waals surface area contributed by atoms with Crippen molar-refractivity contribution < 1.29 is 19.1 Å². The molecule has 0 amide bonds. The Morgan fingerprint density at radius 2 is 1.64 bits per heavy atom. The van der Waals surface area contributed by atoms with Gasteiger partial charge in [0.25, 0.3) is 0 Å². The van der Waals surface area contributed by atoms with Crippen molar-refractivity contribution in [3.63, 3.8) is 0 Å². The molecule has 0 radical (unpaired) electrons. The van der Waals surface area contributed by atoms with Crippen LogP contribution in [-0.2, 0) is 9.47 Å². The normalized spacial score (nSPS) is 16.6. The van der Waals surface area contributed by atoms with Gasteiger partial charge in [-0.3, -0.25) is 4.98 Å². The van der Waals surface area contributed by atoms with Crippen LogP contribution in [0.1, 0.15) is 27.6 Å². The van der Waals surface area contributed by atoms with Crippen molar-refractivity contribution in [2.24, 2.45) is 0 Å². The molecule has 2 heterocycles. The van der Waals surface area contributed by atoms with Gasteiger partial charge in [-0.1, -0.05) is 0 Å². The van der Waals surface area contributed by atoms with Crippen molar-refractivity contribution >= 4 is 11.9 Å². The Bertz CT molecular complexity index is 368. The Morgan fingerprint density at radius 3 is 2.14 bits per heavy atom. The van der Waals surface area contributed by atoms with Gasteiger partial charge in [0.2, 0.25) is 6.29 Å². The topological polar surface area (TPSA) is 65.5 Å². The minimum Gasteiger partial charge on any atom is -0.422 e. The van der Waals surface area contributed by atoms with Crippen LogP contribution in [0.5, 0.6) is 0 Å². The first-order valence-electron chi connectivity index (χ1n) is 4.04. The molecule has 1 aromatic heterocycles. The molecule has 5 nitrogen and oxygen atoms in total. The minimum atomic E-state index is -0.867. The average Bonchev–Trinajstić information content (AvgIpc) is 2.16. The first-order valence-corrected chi connectivity index (χ1v) is 4.04. The molecule has 14 heavy (non-hydrogen) atoms. The van der Waals surface area contributed by atoms with E-state index in [1.807, 2.05) is 0 Å². The number of carbonyl (C=O) groups is 2. The molecular formula is C9H7NO4. The van der Waals surface area contributed by atoms with Crippen LogP contribution in [0.2, 0.25) is 0 Å². The quantitative estimate of drug-likeness (QED) is 0.569. The lowest BCUT2D eigenvalue weighted by molar-refractivity contribution is -0.0702. The second-order valence-corrected chi connectivity index (χ2v) is 2.84. The minimum absolute atomic E-state index is 0.256. The monoisotopic (exact) mass is 193 g/mol. The highest BCUT2D eigenvalue weighted by atomic mass is 16.7. The number of cyclic esters (lactones) is 2. The number of nitrogens with zero attached hydrogens (tertiary/aromatic N) is 1. The summed E-state index contributed by atoms with van der Waals surface area (Å²) in [6.07, 6.45) is 1.82. The van der Waals surface area contributed by atoms with Gasteiger partial charge in [0.15, 0.2) is 0 Å². The average molecular weight is 193 g/mol. The van der Waals surface area contributed by atoms with Gasteiger partial charge in [-0.25, -0.2) is 9.59 Å². The predicted octanol–water partition coefficient (Wildman–Crippen LogP) is 0.755. The van der Waals surface area contributed by atoms with Crippen LogP contribution in [0.15, 0.2) is 18.5 Å². The molecular weight excluding hydrogens is 186 g/mol. The summed E-state index contributed by atoms with van der Waals surface area (Å²) in [4.78, 5) is 26.3. The molecule has 0 unspecified atom stereocenters. The van der Waals surface area contributed by atoms with E-state index in [1.165, 1.54) is 25.4 Å². The molecule has 5 heteroatoms. The van der Waals surface area contributed by atoms with Crippen molar-refractivity contribution in [2.45, 2.75) is 13.2 Å². The van der Waals surface area contributed by atoms with Crippen molar-refractivity contribution in [2.75, 3.05) is 0 Å². The van der Waals surface area contributed by atoms with Crippen molar-refractivity contribution in [3.05, 3.63) is 29.6 Å². The standard InChI is InChI=1S/C9H7NO4/c1-5-13-8(11)6-2-7(4-10-3-6)9(12)14-5/h2-5H,1H3. The second-order valence-electron chi connectivity index (χ2n) is 2.84. The summed E-state index contributed by atoms with van der Waals surface area (Å²) in [6.45, 7) is 1.48. The highest BCUT2D eigenvalue weighted by molar-refractivity contribution is 5.95. The molecule has 0 aliphatic carbocycles. The zero-order valence-corrected chi connectivity index (χ0v) is 7.39. The van der Waals surface area contributed by atoms with E-state index in [-0.39, 0.29) is 11.1 Å². The number of ether oxygens (including phenoxy) is 2. The molecule has 0 spiro atoms. The predicted molar refractivity (Wildman–Crippen MR) is 44.5 cm³/mol. The fourth-order valence-electron chi connectivity index (χ4n) is 1.12. The molecule has 1 aliphatic heterocycles. The van der Waals surface area contributed by atoms with Crippen molar-refractivity contribution in [1.82, 2.24) is 4.98 Å². The first kappa shape index (κ1) is 8.68. The van der Waals surface area contributed by atoms with Gasteiger partial charge in [0.05, 0.1) is 11.1 Å². The molecule has 0 saturated carbocycles. The van der Waals surface area contributed by atoms with Gasteiger partial charge in [-0.2, -0.15) is 0 Å². The van der Waals surface area contributed by atoms with E-state index in [0.717, 1.165) is 0 Å². The lowest BCUT2D eigenvalue weighted by atomic mass is 10.2. The third-order valence-corrected chi connectivity index (χ3v) is 1.76. The Morgan fingerprint density at radius 1 is 1.14 bits per heavy atom. The van der Waals surface area contributed by atoms with E-state index in [0.29, 0.717) is 0 Å². The number of hydrogen-bond acceptors (Lipinski definition) is 5. The Labute approximate surface area is 79.7 Å². The summed E-state index contributed by atoms with van der Waals surface area (Å²) < 4.78 is 9.56. The number of hydrogen-bond donors (Lipinski definition) is 0. The SMILES string of the molecule is CC1OC(=O)c2cncc(c2)C(=O)O1. The van der Waals surface area contributed by atoms with E-state index < -0.39 is 18.2 Å². The summed E-state index contributed by atoms with van der Waals surface area (Å²) >= 11 is 0. The van der Waals surface area contributed by atoms with E-state index in [2.05, 4.69) is 4.98 Å². The van der Waals surface area contributed by atoms with Crippen molar-refractivity contribution in [3.8, 4) is 0 Å². The number of aromatic nitrogens is 1. The van der Waals surface area contributed by atoms with Crippen LogP contribution in [0.4, 0.5) is 0 Å². The highest BCUT2D eigenvalue weighted by Gasteiger charge is 2.22. The first-order chi connectivity index (χ1) is 6.66. The lowest BCUT2D eigenvalue weighted by Gasteiger charge is -2.16. The number of fused-ring (bicyclic) bond motifs is 2. The third-order valence-electron chi connectivity index (χ3n) is 1.76. The molecule has 72 valence electrons. The Kier molecular flexibility index (Phi) is 1.92. The van der Waals surface area contributed by atoms with E-state index in [9.17, 15) is 9.59 Å². The maximum absolute atomic E-state index is 11.3. The zero-order valence-electron chi connectivity index (χ0n) is 7.39. The van der Waals surface area contributed by atoms with E-state index >= 15 is 0 Å². The van der Waals surface area contributed by atoms with Gasteiger partial charge in [-0.05, 0) is 6.07 Å². The van der Waals surface area contributed by atoms with Crippen LogP contribution in [-0.4, -0.2) is 23.2 Å². The summed E-state index contributed by atoms with van der Waals surface area (Å²) in [5.74, 6) is -1.08. The van der Waals surface area contributed by atoms with E-state index in [1.54, 1.807) is 0 Å². The zero-order chi connectivity index (χ0) is 10.1. The van der Waals surface area contributed by atoms with Crippen LogP contribution in [0.3, 0.4) is 0 Å². The molecule has 0 aromatic carbocycles. The van der Waals surface area contributed by atoms with Gasteiger partial charge in [0.1, 0.15) is 0 Å². The summed E-state index contributed by atoms with van der Waals surface area (Å²) in [5.41, 5.74) is 0.511. The third kappa shape index (κ3) is 1.44. The second kappa shape index (κ2) is 3.10. The smallest absolute Gasteiger partial charge is 0.342 e. The molecule has 0 fully saturated rings. The van der Waals surface area contributed by atoms with Crippen LogP contribution in [0, 0.1) is 0 Å². The number of rotatable bonds is 0. The maximum atomic E-state index is 11.3. The number of esters is 2. The van der Waals surface area contributed by atoms with Crippen LogP contribution in [0.25, 0.3) is 0 Å². The Hall–Kier alpha value is -1.91. The van der Waals surface area contributed by atoms with Crippen LogP contribution >= 0.6 is 0 Å². The molecule has 0 atom stereocenters. The van der Waals surface area contributed by atoms with Gasteiger partial charge < -0.3 is 9.47 Å². The summed E-state index contributed by atoms with van der Waals surface area (Å²) in [7, 11) is 0. The fraction of sp³-hybridized carbons (Fsp3) is 0.222. The molecule has 0 saturated heterocycles. The molecule has 2 rings (SSSR count). The largest absolute Gasteiger partial charge is 0.422 e. The van der Waals surface area contributed by atoms with E-state index in [4.69, 9.17) is 9.47 Å². The highest BCUT2D eigenvalue weighted by Crippen LogP contribution is 2.12. The number of carbonyl (C=O) groups excluding carboxylic acids is 2. The summed E-state index contributed by atoms with van der Waals surface area (Å²) in [5, 5.41) is 0. The number of pyridine rings is 1. The Balaban J connectivity index is 2.49. The van der Waals surface area contributed by atoms with Gasteiger partial charge >= 0.3 is 11.9 Å². The maximum Gasteiger partial charge on any atom is 0.342 e. The molecule has 2 bridgehead atoms. The van der Waals surface area contributed by atoms with Gasteiger partial charge in [0, 0.05) is 19.3 Å². The molecule has 0 N–H and O–H groups in total. The molecule has 1 aliphatic rings. The summed E-state index contributed by atoms with van der Waals surface area (Å²) in [6, 6.07) is 1.39.